The van der Waals surface area contributed by atoms with Crippen molar-refractivity contribution in [1.29, 1.82) is 5.26 Å². The highest BCUT2D eigenvalue weighted by Gasteiger charge is 2.16. The number of nitrogens with one attached hydrogen (secondary N) is 1. The molecule has 1 N–H and O–H groups in total. The molecule has 4 aromatic rings. The standard InChI is InChI=1S/C27H19FN4O4S/c1-16-5-3-4-6-21(16)25-31-32-27(37-25)30-24(33)19(15-29)13-17-7-12-22(23(14-17)35-2)36-26(34)18-8-10-20(28)11-9-18/h3-14H,1-2H3,(H,30,32,33). The molecule has 37 heavy (non-hydrogen) atoms. The van der Waals surface area contributed by atoms with Crippen LogP contribution in [0, 0.1) is 24.1 Å². The minimum atomic E-state index is -0.694. The average Bonchev–Trinajstić information content (AvgIpc) is 3.36. The second kappa shape index (κ2) is 11.2. The summed E-state index contributed by atoms with van der Waals surface area (Å²) in [5, 5.41) is 21.2. The van der Waals surface area contributed by atoms with Gasteiger partial charge in [-0.25, -0.2) is 9.18 Å². The number of halogens is 1. The van der Waals surface area contributed by atoms with Crippen molar-refractivity contribution in [3.63, 3.8) is 0 Å². The summed E-state index contributed by atoms with van der Waals surface area (Å²) in [4.78, 5) is 25.1. The molecule has 1 heterocycles. The molecule has 0 bridgehead atoms. The lowest BCUT2D eigenvalue weighted by molar-refractivity contribution is -0.112. The van der Waals surface area contributed by atoms with Crippen LogP contribution in [0.2, 0.25) is 0 Å². The van der Waals surface area contributed by atoms with Crippen molar-refractivity contribution in [1.82, 2.24) is 10.2 Å². The molecule has 0 atom stereocenters. The molecule has 184 valence electrons. The number of rotatable bonds is 7. The first-order valence-electron chi connectivity index (χ1n) is 10.9. The number of carbonyl (C=O) groups is 2. The Kier molecular flexibility index (Phi) is 7.66. The van der Waals surface area contributed by atoms with E-state index >= 15 is 0 Å². The number of ether oxygens (including phenoxy) is 2. The van der Waals surface area contributed by atoms with E-state index < -0.39 is 17.7 Å². The largest absolute Gasteiger partial charge is 0.493 e. The molecule has 0 fully saturated rings. The van der Waals surface area contributed by atoms with Crippen molar-refractivity contribution in [2.24, 2.45) is 0 Å². The Morgan fingerprint density at radius 1 is 1.05 bits per heavy atom. The van der Waals surface area contributed by atoms with E-state index in [1.165, 1.54) is 48.8 Å². The molecular weight excluding hydrogens is 495 g/mol. The molecule has 0 radical (unpaired) electrons. The van der Waals surface area contributed by atoms with Crippen molar-refractivity contribution in [3.8, 4) is 28.1 Å². The second-order valence-electron chi connectivity index (χ2n) is 7.66. The zero-order valence-corrected chi connectivity index (χ0v) is 20.5. The minimum Gasteiger partial charge on any atom is -0.493 e. The third-order valence-electron chi connectivity index (χ3n) is 5.17. The summed E-state index contributed by atoms with van der Waals surface area (Å²) < 4.78 is 23.8. The van der Waals surface area contributed by atoms with Gasteiger partial charge in [0.1, 0.15) is 22.5 Å². The van der Waals surface area contributed by atoms with Crippen LogP contribution < -0.4 is 14.8 Å². The fraction of sp³-hybridized carbons (Fsp3) is 0.0741. The molecule has 0 unspecified atom stereocenters. The van der Waals surface area contributed by atoms with E-state index in [9.17, 15) is 19.2 Å². The van der Waals surface area contributed by atoms with Crippen LogP contribution in [0.25, 0.3) is 16.6 Å². The second-order valence-corrected chi connectivity index (χ2v) is 8.64. The van der Waals surface area contributed by atoms with E-state index in [1.54, 1.807) is 6.07 Å². The lowest BCUT2D eigenvalue weighted by atomic mass is 10.1. The maximum absolute atomic E-state index is 13.1. The number of carbonyl (C=O) groups excluding carboxylic acids is 2. The SMILES string of the molecule is COc1cc(C=C(C#N)C(=O)Nc2nnc(-c3ccccc3C)s2)ccc1OC(=O)c1ccc(F)cc1. The van der Waals surface area contributed by atoms with E-state index in [1.807, 2.05) is 37.3 Å². The van der Waals surface area contributed by atoms with Gasteiger partial charge in [0, 0.05) is 5.56 Å². The number of nitriles is 1. The summed E-state index contributed by atoms with van der Waals surface area (Å²) in [7, 11) is 1.39. The molecule has 0 saturated carbocycles. The number of benzene rings is 3. The van der Waals surface area contributed by atoms with Gasteiger partial charge in [-0.2, -0.15) is 5.26 Å². The Hall–Kier alpha value is -4.88. The normalized spacial score (nSPS) is 10.9. The first-order valence-corrected chi connectivity index (χ1v) is 11.7. The van der Waals surface area contributed by atoms with Crippen molar-refractivity contribution in [2.45, 2.75) is 6.92 Å². The Morgan fingerprint density at radius 2 is 1.81 bits per heavy atom. The van der Waals surface area contributed by atoms with Gasteiger partial charge in [0.25, 0.3) is 5.91 Å². The predicted octanol–water partition coefficient (Wildman–Crippen LogP) is 5.43. The van der Waals surface area contributed by atoms with Gasteiger partial charge in [-0.15, -0.1) is 10.2 Å². The first kappa shape index (κ1) is 25.2. The van der Waals surface area contributed by atoms with E-state index in [4.69, 9.17) is 9.47 Å². The highest BCUT2D eigenvalue weighted by atomic mass is 32.1. The van der Waals surface area contributed by atoms with Gasteiger partial charge in [-0.1, -0.05) is 41.7 Å². The molecule has 0 aliphatic heterocycles. The topological polar surface area (TPSA) is 114 Å². The minimum absolute atomic E-state index is 0.120. The van der Waals surface area contributed by atoms with Crippen LogP contribution in [0.1, 0.15) is 21.5 Å². The lowest BCUT2D eigenvalue weighted by Crippen LogP contribution is -2.13. The summed E-state index contributed by atoms with van der Waals surface area (Å²) in [6, 6.07) is 19.0. The van der Waals surface area contributed by atoms with Crippen LogP contribution in [-0.2, 0) is 4.79 Å². The van der Waals surface area contributed by atoms with Crippen LogP contribution in [0.15, 0.2) is 72.3 Å². The molecule has 8 nitrogen and oxygen atoms in total. The average molecular weight is 515 g/mol. The van der Waals surface area contributed by atoms with Gasteiger partial charge in [-0.05, 0) is 60.5 Å². The van der Waals surface area contributed by atoms with Crippen LogP contribution in [0.3, 0.4) is 0 Å². The summed E-state index contributed by atoms with van der Waals surface area (Å²) in [6.07, 6.45) is 1.37. The number of amides is 1. The maximum atomic E-state index is 13.1. The van der Waals surface area contributed by atoms with Gasteiger partial charge in [0.2, 0.25) is 5.13 Å². The number of hydrogen-bond donors (Lipinski definition) is 1. The molecule has 4 rings (SSSR count). The number of hydrogen-bond acceptors (Lipinski definition) is 8. The van der Waals surface area contributed by atoms with Crippen LogP contribution in [0.4, 0.5) is 9.52 Å². The van der Waals surface area contributed by atoms with Crippen molar-refractivity contribution in [3.05, 3.63) is 94.8 Å². The van der Waals surface area contributed by atoms with E-state index in [2.05, 4.69) is 15.5 Å². The molecular formula is C27H19FN4O4S. The quantitative estimate of drug-likeness (QED) is 0.151. The number of anilines is 1. The van der Waals surface area contributed by atoms with Crippen LogP contribution in [-0.4, -0.2) is 29.2 Å². The monoisotopic (exact) mass is 514 g/mol. The smallest absolute Gasteiger partial charge is 0.343 e. The van der Waals surface area contributed by atoms with Crippen LogP contribution >= 0.6 is 11.3 Å². The van der Waals surface area contributed by atoms with Gasteiger partial charge < -0.3 is 9.47 Å². The summed E-state index contributed by atoms with van der Waals surface area (Å²) in [6.45, 7) is 1.95. The molecule has 1 amide bonds. The fourth-order valence-corrected chi connectivity index (χ4v) is 4.11. The molecule has 10 heteroatoms. The van der Waals surface area contributed by atoms with Gasteiger partial charge in [0.15, 0.2) is 11.5 Å². The Bertz CT molecular complexity index is 1540. The zero-order chi connectivity index (χ0) is 26.4. The van der Waals surface area contributed by atoms with Crippen molar-refractivity contribution in [2.75, 3.05) is 12.4 Å². The number of nitrogens with zero attached hydrogens (tertiary/aromatic N) is 3. The number of aryl methyl sites for hydroxylation is 1. The van der Waals surface area contributed by atoms with E-state index in [0.29, 0.717) is 10.6 Å². The number of esters is 1. The third kappa shape index (κ3) is 6.04. The lowest BCUT2D eigenvalue weighted by Gasteiger charge is -2.10. The zero-order valence-electron chi connectivity index (χ0n) is 19.7. The predicted molar refractivity (Wildman–Crippen MR) is 137 cm³/mol. The van der Waals surface area contributed by atoms with Crippen molar-refractivity contribution < 1.29 is 23.5 Å². The molecule has 0 spiro atoms. The van der Waals surface area contributed by atoms with E-state index in [-0.39, 0.29) is 27.8 Å². The number of methoxy groups -OCH3 is 1. The highest BCUT2D eigenvalue weighted by Crippen LogP contribution is 2.31. The summed E-state index contributed by atoms with van der Waals surface area (Å²) in [5.41, 5.74) is 2.38. The first-order chi connectivity index (χ1) is 17.9. The van der Waals surface area contributed by atoms with Gasteiger partial charge in [0.05, 0.1) is 12.7 Å². The Morgan fingerprint density at radius 3 is 2.51 bits per heavy atom. The summed E-state index contributed by atoms with van der Waals surface area (Å²) >= 11 is 1.20. The fourth-order valence-electron chi connectivity index (χ4n) is 3.28. The van der Waals surface area contributed by atoms with E-state index in [0.717, 1.165) is 23.3 Å². The third-order valence-corrected chi connectivity index (χ3v) is 6.04. The number of aromatic nitrogens is 2. The van der Waals surface area contributed by atoms with Gasteiger partial charge >= 0.3 is 5.97 Å². The highest BCUT2D eigenvalue weighted by molar-refractivity contribution is 7.18. The maximum Gasteiger partial charge on any atom is 0.343 e. The molecule has 1 aromatic heterocycles. The van der Waals surface area contributed by atoms with Gasteiger partial charge in [-0.3, -0.25) is 10.1 Å². The Labute approximate surface area is 215 Å². The molecule has 0 saturated heterocycles. The molecule has 0 aliphatic carbocycles. The molecule has 3 aromatic carbocycles. The summed E-state index contributed by atoms with van der Waals surface area (Å²) in [5.74, 6) is -1.49. The molecule has 0 aliphatic rings. The van der Waals surface area contributed by atoms with Crippen LogP contribution in [0.5, 0.6) is 11.5 Å². The van der Waals surface area contributed by atoms with Crippen molar-refractivity contribution >= 4 is 34.4 Å². The Balaban J connectivity index is 1.49.